The predicted molar refractivity (Wildman–Crippen MR) is 68.6 cm³/mol. The van der Waals surface area contributed by atoms with Crippen LogP contribution in [-0.4, -0.2) is 23.0 Å². The van der Waals surface area contributed by atoms with Gasteiger partial charge in [-0.3, -0.25) is 9.78 Å². The molecule has 2 aliphatic rings. The van der Waals surface area contributed by atoms with E-state index in [4.69, 9.17) is 4.74 Å². The van der Waals surface area contributed by atoms with Gasteiger partial charge in [-0.25, -0.2) is 0 Å². The summed E-state index contributed by atoms with van der Waals surface area (Å²) in [5.74, 6) is 0.386. The Morgan fingerprint density at radius 2 is 2.33 bits per heavy atom. The number of hydrogen-bond acceptors (Lipinski definition) is 3. The summed E-state index contributed by atoms with van der Waals surface area (Å²) in [6, 6.07) is 3.74. The highest BCUT2D eigenvalue weighted by Gasteiger charge is 2.44. The van der Waals surface area contributed by atoms with Gasteiger partial charge in [0.25, 0.3) is 0 Å². The minimum atomic E-state index is 0.0364. The smallest absolute Gasteiger partial charge is 0.167 e. The van der Waals surface area contributed by atoms with Crippen molar-refractivity contribution in [2.24, 2.45) is 5.92 Å². The summed E-state index contributed by atoms with van der Waals surface area (Å²) >= 11 is 0. The van der Waals surface area contributed by atoms with Gasteiger partial charge in [0.05, 0.1) is 5.60 Å². The molecule has 1 saturated heterocycles. The van der Waals surface area contributed by atoms with Crippen LogP contribution >= 0.6 is 0 Å². The van der Waals surface area contributed by atoms with Gasteiger partial charge in [-0.05, 0) is 51.2 Å². The fraction of sp³-hybridized carbons (Fsp3) is 0.600. The maximum atomic E-state index is 12.6. The van der Waals surface area contributed by atoms with Crippen molar-refractivity contribution in [1.82, 2.24) is 4.98 Å². The molecule has 96 valence electrons. The first-order valence-corrected chi connectivity index (χ1v) is 6.80. The quantitative estimate of drug-likeness (QED) is 0.752. The predicted octanol–water partition coefficient (Wildman–Crippen LogP) is 2.92. The molecule has 2 heterocycles. The monoisotopic (exact) mass is 245 g/mol. The van der Waals surface area contributed by atoms with Crippen LogP contribution in [-0.2, 0) is 4.74 Å². The van der Waals surface area contributed by atoms with Crippen LogP contribution in [0.5, 0.6) is 0 Å². The first-order chi connectivity index (χ1) is 8.70. The van der Waals surface area contributed by atoms with E-state index in [0.29, 0.717) is 0 Å². The minimum Gasteiger partial charge on any atom is -0.375 e. The fourth-order valence-corrected chi connectivity index (χ4v) is 3.14. The lowest BCUT2D eigenvalue weighted by Gasteiger charge is -2.46. The Bertz CT molecular complexity index is 465. The van der Waals surface area contributed by atoms with E-state index >= 15 is 0 Å². The SMILES string of the molecule is Cc1ncccc1C(=O)C1CCOC2(CCC2)C1. The summed E-state index contributed by atoms with van der Waals surface area (Å²) in [4.78, 5) is 16.8. The van der Waals surface area contributed by atoms with Crippen LogP contribution in [0, 0.1) is 12.8 Å². The van der Waals surface area contributed by atoms with Gasteiger partial charge in [0.2, 0.25) is 0 Å². The van der Waals surface area contributed by atoms with Gasteiger partial charge in [-0.15, -0.1) is 0 Å². The van der Waals surface area contributed by atoms with Gasteiger partial charge in [0, 0.05) is 30.0 Å². The highest BCUT2D eigenvalue weighted by atomic mass is 16.5. The molecule has 1 spiro atoms. The van der Waals surface area contributed by atoms with E-state index in [1.807, 2.05) is 19.1 Å². The van der Waals surface area contributed by atoms with Crippen molar-refractivity contribution >= 4 is 5.78 Å². The first kappa shape index (κ1) is 11.8. The minimum absolute atomic E-state index is 0.0364. The van der Waals surface area contributed by atoms with Crippen molar-refractivity contribution in [2.45, 2.75) is 44.6 Å². The maximum Gasteiger partial charge on any atom is 0.167 e. The molecule has 3 heteroatoms. The average Bonchev–Trinajstić information content (AvgIpc) is 2.37. The van der Waals surface area contributed by atoms with E-state index in [0.717, 1.165) is 43.5 Å². The number of aromatic nitrogens is 1. The van der Waals surface area contributed by atoms with Crippen molar-refractivity contribution in [3.8, 4) is 0 Å². The molecule has 2 fully saturated rings. The summed E-state index contributed by atoms with van der Waals surface area (Å²) in [7, 11) is 0. The molecule has 0 N–H and O–H groups in total. The van der Waals surface area contributed by atoms with Gasteiger partial charge >= 0.3 is 0 Å². The number of rotatable bonds is 2. The molecule has 0 bridgehead atoms. The highest BCUT2D eigenvalue weighted by molar-refractivity contribution is 5.98. The summed E-state index contributed by atoms with van der Waals surface area (Å²) in [6.45, 7) is 2.64. The van der Waals surface area contributed by atoms with Gasteiger partial charge in [0.1, 0.15) is 0 Å². The zero-order chi connectivity index (χ0) is 12.6. The summed E-state index contributed by atoms with van der Waals surface area (Å²) in [5, 5.41) is 0. The molecule has 1 aliphatic heterocycles. The van der Waals surface area contributed by atoms with Gasteiger partial charge in [-0.2, -0.15) is 0 Å². The summed E-state index contributed by atoms with van der Waals surface area (Å²) in [5.41, 5.74) is 1.67. The Labute approximate surface area is 108 Å². The van der Waals surface area contributed by atoms with Crippen LogP contribution in [0.2, 0.25) is 0 Å². The lowest BCUT2D eigenvalue weighted by molar-refractivity contribution is -0.137. The van der Waals surface area contributed by atoms with Crippen LogP contribution in [0.1, 0.15) is 48.2 Å². The van der Waals surface area contributed by atoms with Gasteiger partial charge < -0.3 is 4.74 Å². The first-order valence-electron chi connectivity index (χ1n) is 6.80. The van der Waals surface area contributed by atoms with Gasteiger partial charge in [0.15, 0.2) is 5.78 Å². The Balaban J connectivity index is 1.78. The number of pyridine rings is 1. The third-order valence-electron chi connectivity index (χ3n) is 4.40. The number of ketones is 1. The molecule has 1 atom stereocenters. The Hall–Kier alpha value is -1.22. The molecular formula is C15H19NO2. The summed E-state index contributed by atoms with van der Waals surface area (Å²) in [6.07, 6.45) is 7.00. The molecule has 18 heavy (non-hydrogen) atoms. The molecule has 3 nitrogen and oxygen atoms in total. The lowest BCUT2D eigenvalue weighted by atomic mass is 9.70. The second-order valence-electron chi connectivity index (χ2n) is 5.58. The van der Waals surface area contributed by atoms with Crippen molar-refractivity contribution in [3.05, 3.63) is 29.6 Å². The van der Waals surface area contributed by atoms with Crippen molar-refractivity contribution in [1.29, 1.82) is 0 Å². The Kier molecular flexibility index (Phi) is 2.94. The van der Waals surface area contributed by atoms with Gasteiger partial charge in [-0.1, -0.05) is 0 Å². The molecule has 1 saturated carbocycles. The van der Waals surface area contributed by atoms with E-state index in [9.17, 15) is 4.79 Å². The molecule has 3 rings (SSSR count). The average molecular weight is 245 g/mol. The number of Topliss-reactive ketones (excluding diaryl/α,β-unsaturated/α-hetero) is 1. The van der Waals surface area contributed by atoms with E-state index in [-0.39, 0.29) is 17.3 Å². The van der Waals surface area contributed by atoms with Crippen molar-refractivity contribution < 1.29 is 9.53 Å². The van der Waals surface area contributed by atoms with E-state index in [2.05, 4.69) is 4.98 Å². The third kappa shape index (κ3) is 1.97. The molecule has 0 amide bonds. The zero-order valence-corrected chi connectivity index (χ0v) is 10.8. The third-order valence-corrected chi connectivity index (χ3v) is 4.40. The molecule has 1 aliphatic carbocycles. The fourth-order valence-electron chi connectivity index (χ4n) is 3.14. The second-order valence-corrected chi connectivity index (χ2v) is 5.58. The number of carbonyl (C=O) groups excluding carboxylic acids is 1. The normalized spacial score (nSPS) is 25.7. The maximum absolute atomic E-state index is 12.6. The topological polar surface area (TPSA) is 39.2 Å². The van der Waals surface area contributed by atoms with E-state index < -0.39 is 0 Å². The number of carbonyl (C=O) groups is 1. The Morgan fingerprint density at radius 3 is 3.00 bits per heavy atom. The van der Waals surface area contributed by atoms with Crippen LogP contribution in [0.15, 0.2) is 18.3 Å². The van der Waals surface area contributed by atoms with Crippen LogP contribution in [0.3, 0.4) is 0 Å². The second kappa shape index (κ2) is 4.47. The zero-order valence-electron chi connectivity index (χ0n) is 10.8. The Morgan fingerprint density at radius 1 is 1.50 bits per heavy atom. The largest absolute Gasteiger partial charge is 0.375 e. The molecule has 1 aromatic rings. The number of ether oxygens (including phenoxy) is 1. The van der Waals surface area contributed by atoms with Crippen LogP contribution in [0.4, 0.5) is 0 Å². The molecule has 1 unspecified atom stereocenters. The molecule has 1 aromatic heterocycles. The molecule has 0 aromatic carbocycles. The van der Waals surface area contributed by atoms with Crippen LogP contribution in [0.25, 0.3) is 0 Å². The van der Waals surface area contributed by atoms with Crippen molar-refractivity contribution in [2.75, 3.05) is 6.61 Å². The van der Waals surface area contributed by atoms with E-state index in [1.54, 1.807) is 6.20 Å². The lowest BCUT2D eigenvalue weighted by Crippen LogP contribution is -2.47. The van der Waals surface area contributed by atoms with E-state index in [1.165, 1.54) is 6.42 Å². The highest BCUT2D eigenvalue weighted by Crippen LogP contribution is 2.44. The van der Waals surface area contributed by atoms with Crippen LogP contribution < -0.4 is 0 Å². The molecule has 0 radical (unpaired) electrons. The number of nitrogens with zero attached hydrogens (tertiary/aromatic N) is 1. The number of hydrogen-bond donors (Lipinski definition) is 0. The van der Waals surface area contributed by atoms with Crippen molar-refractivity contribution in [3.63, 3.8) is 0 Å². The summed E-state index contributed by atoms with van der Waals surface area (Å²) < 4.78 is 5.88. The standard InChI is InChI=1S/C15H19NO2/c1-11-13(4-2-8-16-11)14(17)12-5-9-18-15(10-12)6-3-7-15/h2,4,8,12H,3,5-7,9-10H2,1H3. The molecular weight excluding hydrogens is 226 g/mol. The number of aryl methyl sites for hydroxylation is 1.